The van der Waals surface area contributed by atoms with Crippen molar-refractivity contribution in [1.82, 2.24) is 4.98 Å². The van der Waals surface area contributed by atoms with Gasteiger partial charge in [-0.05, 0) is 60.9 Å². The smallest absolute Gasteiger partial charge is 0.339 e. The van der Waals surface area contributed by atoms with Gasteiger partial charge in [-0.2, -0.15) is 13.5 Å². The highest BCUT2D eigenvalue weighted by molar-refractivity contribution is 7.87. The number of rotatable bonds is 8. The third-order valence-corrected chi connectivity index (χ3v) is 8.22. The van der Waals surface area contributed by atoms with Gasteiger partial charge < -0.3 is 4.18 Å². The van der Waals surface area contributed by atoms with Crippen molar-refractivity contribution in [3.63, 3.8) is 0 Å². The Bertz CT molecular complexity index is 1700. The molecule has 0 bridgehead atoms. The van der Waals surface area contributed by atoms with Crippen LogP contribution in [0.25, 0.3) is 21.7 Å². The molecule has 1 aromatic heterocycles. The molecule has 38 heavy (non-hydrogen) atoms. The number of thiazole rings is 1. The second kappa shape index (κ2) is 11.0. The van der Waals surface area contributed by atoms with Gasteiger partial charge in [-0.1, -0.05) is 84.1 Å². The Balaban J connectivity index is 1.42. The van der Waals surface area contributed by atoms with E-state index < -0.39 is 10.1 Å². The summed E-state index contributed by atoms with van der Waals surface area (Å²) in [5.41, 5.74) is 8.92. The average molecular weight is 540 g/mol. The van der Waals surface area contributed by atoms with Crippen molar-refractivity contribution in [2.24, 2.45) is 5.10 Å². The second-order valence-corrected chi connectivity index (χ2v) is 11.2. The van der Waals surface area contributed by atoms with Gasteiger partial charge in [0.25, 0.3) is 0 Å². The van der Waals surface area contributed by atoms with Gasteiger partial charge in [0.05, 0.1) is 16.8 Å². The topological polar surface area (TPSA) is 80.7 Å². The van der Waals surface area contributed by atoms with Crippen LogP contribution in [0.1, 0.15) is 16.7 Å². The lowest BCUT2D eigenvalue weighted by atomic mass is 10.0. The average Bonchev–Trinajstić information content (AvgIpc) is 3.36. The predicted molar refractivity (Wildman–Crippen MR) is 154 cm³/mol. The Morgan fingerprint density at radius 2 is 1.50 bits per heavy atom. The van der Waals surface area contributed by atoms with Crippen LogP contribution >= 0.6 is 11.3 Å². The van der Waals surface area contributed by atoms with Gasteiger partial charge in [0.1, 0.15) is 4.90 Å². The summed E-state index contributed by atoms with van der Waals surface area (Å²) >= 11 is 1.50. The minimum atomic E-state index is -3.98. The van der Waals surface area contributed by atoms with E-state index >= 15 is 0 Å². The minimum Gasteiger partial charge on any atom is -0.378 e. The SMILES string of the molecule is Cc1ccc(-c2nc(N/N=C\c3ccccc3OS(=O)(=O)c3ccccc3)sc2-c2ccccc2)cc1C. The molecule has 0 saturated heterocycles. The van der Waals surface area contributed by atoms with E-state index in [2.05, 4.69) is 54.7 Å². The normalized spacial score (nSPS) is 11.5. The third kappa shape index (κ3) is 5.66. The molecule has 5 rings (SSSR count). The highest BCUT2D eigenvalue weighted by Gasteiger charge is 2.18. The van der Waals surface area contributed by atoms with Crippen molar-refractivity contribution < 1.29 is 12.6 Å². The number of hydrogen-bond donors (Lipinski definition) is 1. The minimum absolute atomic E-state index is 0.0833. The molecule has 0 unspecified atom stereocenters. The summed E-state index contributed by atoms with van der Waals surface area (Å²) < 4.78 is 30.8. The lowest BCUT2D eigenvalue weighted by Gasteiger charge is -2.09. The maximum Gasteiger partial charge on any atom is 0.339 e. The summed E-state index contributed by atoms with van der Waals surface area (Å²) in [5.74, 6) is 0.182. The van der Waals surface area contributed by atoms with Gasteiger partial charge in [-0.3, -0.25) is 5.43 Å². The van der Waals surface area contributed by atoms with Gasteiger partial charge in [-0.15, -0.1) is 0 Å². The van der Waals surface area contributed by atoms with Crippen LogP contribution in [0.4, 0.5) is 5.13 Å². The predicted octanol–water partition coefficient (Wildman–Crippen LogP) is 7.31. The number of aromatic nitrogens is 1. The molecular formula is C30H25N3O3S2. The Kier molecular flexibility index (Phi) is 7.35. The van der Waals surface area contributed by atoms with E-state index in [-0.39, 0.29) is 10.6 Å². The van der Waals surface area contributed by atoms with Gasteiger partial charge in [-0.25, -0.2) is 4.98 Å². The van der Waals surface area contributed by atoms with E-state index in [9.17, 15) is 8.42 Å². The van der Waals surface area contributed by atoms with E-state index in [4.69, 9.17) is 9.17 Å². The van der Waals surface area contributed by atoms with E-state index in [1.165, 1.54) is 40.8 Å². The Labute approximate surface area is 226 Å². The van der Waals surface area contributed by atoms with E-state index in [1.807, 2.05) is 18.2 Å². The van der Waals surface area contributed by atoms with Gasteiger partial charge in [0, 0.05) is 11.1 Å². The zero-order valence-corrected chi connectivity index (χ0v) is 22.5. The van der Waals surface area contributed by atoms with Crippen LogP contribution in [0.15, 0.2) is 113 Å². The van der Waals surface area contributed by atoms with Crippen molar-refractivity contribution in [3.05, 3.63) is 120 Å². The third-order valence-electron chi connectivity index (χ3n) is 5.96. The van der Waals surface area contributed by atoms with E-state index in [0.29, 0.717) is 10.7 Å². The maximum atomic E-state index is 12.7. The molecule has 4 aromatic carbocycles. The van der Waals surface area contributed by atoms with E-state index in [1.54, 1.807) is 42.5 Å². The molecule has 0 spiro atoms. The summed E-state index contributed by atoms with van der Waals surface area (Å²) in [6.45, 7) is 4.18. The van der Waals surface area contributed by atoms with Crippen molar-refractivity contribution in [2.75, 3.05) is 5.43 Å². The fourth-order valence-corrected chi connectivity index (χ4v) is 5.73. The second-order valence-electron chi connectivity index (χ2n) is 8.62. The number of hydrogen-bond acceptors (Lipinski definition) is 7. The molecule has 0 aliphatic carbocycles. The van der Waals surface area contributed by atoms with Crippen LogP contribution in [0.3, 0.4) is 0 Å². The number of nitrogens with one attached hydrogen (secondary N) is 1. The molecule has 1 heterocycles. The summed E-state index contributed by atoms with van der Waals surface area (Å²) in [4.78, 5) is 5.96. The van der Waals surface area contributed by atoms with E-state index in [0.717, 1.165) is 21.7 Å². The molecule has 5 aromatic rings. The van der Waals surface area contributed by atoms with Crippen LogP contribution in [-0.2, 0) is 10.1 Å². The number of benzene rings is 4. The largest absolute Gasteiger partial charge is 0.378 e. The molecule has 0 amide bonds. The highest BCUT2D eigenvalue weighted by atomic mass is 32.2. The van der Waals surface area contributed by atoms with Gasteiger partial charge >= 0.3 is 10.1 Å². The molecule has 190 valence electrons. The monoisotopic (exact) mass is 539 g/mol. The lowest BCUT2D eigenvalue weighted by Crippen LogP contribution is -2.10. The molecule has 1 N–H and O–H groups in total. The first-order chi connectivity index (χ1) is 18.4. The molecule has 6 nitrogen and oxygen atoms in total. The number of aryl methyl sites for hydroxylation is 2. The fraction of sp³-hybridized carbons (Fsp3) is 0.0667. The maximum absolute atomic E-state index is 12.7. The Morgan fingerprint density at radius 3 is 2.24 bits per heavy atom. The molecule has 0 saturated carbocycles. The van der Waals surface area contributed by atoms with Crippen LogP contribution in [0.5, 0.6) is 5.75 Å². The zero-order valence-electron chi connectivity index (χ0n) is 20.8. The number of hydrazone groups is 1. The molecular weight excluding hydrogens is 514 g/mol. The summed E-state index contributed by atoms with van der Waals surface area (Å²) in [7, 11) is -3.98. The van der Waals surface area contributed by atoms with Crippen LogP contribution in [-0.4, -0.2) is 19.6 Å². The van der Waals surface area contributed by atoms with Crippen molar-refractivity contribution >= 4 is 32.8 Å². The van der Waals surface area contributed by atoms with Crippen molar-refractivity contribution in [3.8, 4) is 27.4 Å². The molecule has 0 fully saturated rings. The van der Waals surface area contributed by atoms with Gasteiger partial charge in [0.15, 0.2) is 5.75 Å². The van der Waals surface area contributed by atoms with Crippen molar-refractivity contribution in [2.45, 2.75) is 18.7 Å². The molecule has 0 aliphatic rings. The molecule has 0 aliphatic heterocycles. The lowest BCUT2D eigenvalue weighted by molar-refractivity contribution is 0.485. The standard InChI is InChI=1S/C30H25N3O3S2/c1-21-17-18-24(19-22(21)2)28-29(23-11-5-3-6-12-23)37-30(32-28)33-31-20-25-13-9-10-16-27(25)36-38(34,35)26-14-7-4-8-15-26/h3-20H,1-2H3,(H,32,33)/b31-20-. The van der Waals surface area contributed by atoms with Crippen LogP contribution in [0.2, 0.25) is 0 Å². The summed E-state index contributed by atoms with van der Waals surface area (Å²) in [5, 5.41) is 4.96. The quantitative estimate of drug-likeness (QED) is 0.127. The molecule has 0 radical (unpaired) electrons. The zero-order chi connectivity index (χ0) is 26.5. The summed E-state index contributed by atoms with van der Waals surface area (Å²) in [6.07, 6.45) is 1.52. The highest BCUT2D eigenvalue weighted by Crippen LogP contribution is 2.39. The summed E-state index contributed by atoms with van der Waals surface area (Å²) in [6, 6.07) is 31.3. The first-order valence-corrected chi connectivity index (χ1v) is 14.1. The number of anilines is 1. The molecule has 8 heteroatoms. The first-order valence-electron chi connectivity index (χ1n) is 11.9. The molecule has 0 atom stereocenters. The van der Waals surface area contributed by atoms with Gasteiger partial charge in [0.2, 0.25) is 5.13 Å². The number of para-hydroxylation sites is 1. The Morgan fingerprint density at radius 1 is 0.816 bits per heavy atom. The van der Waals surface area contributed by atoms with Crippen molar-refractivity contribution in [1.29, 1.82) is 0 Å². The van der Waals surface area contributed by atoms with Crippen LogP contribution < -0.4 is 9.61 Å². The van der Waals surface area contributed by atoms with Crippen LogP contribution in [0, 0.1) is 13.8 Å². The number of nitrogens with zero attached hydrogens (tertiary/aromatic N) is 2. The fourth-order valence-electron chi connectivity index (χ4n) is 3.81. The first kappa shape index (κ1) is 25.4. The Hall–Kier alpha value is -4.27.